The molecule has 1 unspecified atom stereocenters. The fourth-order valence-electron chi connectivity index (χ4n) is 7.51. The lowest BCUT2D eigenvalue weighted by Crippen LogP contribution is -2.18. The summed E-state index contributed by atoms with van der Waals surface area (Å²) in [6.45, 7) is 0. The van der Waals surface area contributed by atoms with Gasteiger partial charge in [-0.15, -0.1) is 11.3 Å². The number of amidine groups is 1. The van der Waals surface area contributed by atoms with Crippen LogP contribution in [0, 0.1) is 0 Å². The Bertz CT molecular complexity index is 2740. The number of para-hydroxylation sites is 2. The molecular formula is C45H30N4S. The van der Waals surface area contributed by atoms with E-state index in [1.165, 1.54) is 47.5 Å². The van der Waals surface area contributed by atoms with Crippen molar-refractivity contribution in [2.45, 2.75) is 12.5 Å². The van der Waals surface area contributed by atoms with Crippen LogP contribution in [0.25, 0.3) is 58.8 Å². The highest BCUT2D eigenvalue weighted by Gasteiger charge is 2.26. The Labute approximate surface area is 293 Å². The van der Waals surface area contributed by atoms with Gasteiger partial charge in [-0.1, -0.05) is 109 Å². The van der Waals surface area contributed by atoms with Crippen LogP contribution in [0.1, 0.15) is 29.2 Å². The smallest absolute Gasteiger partial charge is 0.155 e. The summed E-state index contributed by atoms with van der Waals surface area (Å²) < 4.78 is 4.98. The highest BCUT2D eigenvalue weighted by Crippen LogP contribution is 2.41. The minimum atomic E-state index is -0.0896. The number of nitrogens with zero attached hydrogens (tertiary/aromatic N) is 4. The Morgan fingerprint density at radius 2 is 1.24 bits per heavy atom. The summed E-state index contributed by atoms with van der Waals surface area (Å²) in [4.78, 5) is 15.2. The molecule has 50 heavy (non-hydrogen) atoms. The van der Waals surface area contributed by atoms with Crippen molar-refractivity contribution in [3.63, 3.8) is 0 Å². The number of rotatable bonds is 5. The van der Waals surface area contributed by atoms with Crippen LogP contribution in [-0.4, -0.2) is 21.1 Å². The van der Waals surface area contributed by atoms with Gasteiger partial charge in [-0.25, -0.2) is 4.99 Å². The molecule has 0 spiro atoms. The van der Waals surface area contributed by atoms with E-state index in [2.05, 4.69) is 149 Å². The predicted octanol–water partition coefficient (Wildman–Crippen LogP) is 11.6. The zero-order valence-corrected chi connectivity index (χ0v) is 27.9. The average Bonchev–Trinajstić information content (AvgIpc) is 3.74. The standard InChI is InChI=1S/C45H30N4S/c1-2-12-29(13-3-1)45-47-39(27-40(48-45)38-19-10-18-37-36-17-6-9-22-43(36)50-44(37)38)32-24-31(30-14-11-23-46-28-30)25-33(26-32)49-41-20-7-4-15-34(41)35-16-5-8-21-42(35)49/h1-26,28,40H,27H2. The molecule has 0 bridgehead atoms. The van der Waals surface area contributed by atoms with Crippen molar-refractivity contribution in [1.29, 1.82) is 0 Å². The van der Waals surface area contributed by atoms with Gasteiger partial charge < -0.3 is 4.57 Å². The minimum absolute atomic E-state index is 0.0896. The second-order valence-electron chi connectivity index (χ2n) is 12.8. The third-order valence-corrected chi connectivity index (χ3v) is 11.1. The summed E-state index contributed by atoms with van der Waals surface area (Å²) in [5, 5.41) is 5.06. The molecular weight excluding hydrogens is 629 g/mol. The summed E-state index contributed by atoms with van der Waals surface area (Å²) in [7, 11) is 0. The van der Waals surface area contributed by atoms with Gasteiger partial charge in [0, 0.05) is 66.6 Å². The fourth-order valence-corrected chi connectivity index (χ4v) is 8.77. The van der Waals surface area contributed by atoms with Crippen LogP contribution in [0.3, 0.4) is 0 Å². The summed E-state index contributed by atoms with van der Waals surface area (Å²) >= 11 is 1.86. The van der Waals surface area contributed by atoms with Gasteiger partial charge in [0.2, 0.25) is 0 Å². The average molecular weight is 659 g/mol. The highest BCUT2D eigenvalue weighted by molar-refractivity contribution is 7.26. The first kappa shape index (κ1) is 28.8. The Morgan fingerprint density at radius 3 is 2.02 bits per heavy atom. The molecule has 0 aliphatic carbocycles. The number of pyridine rings is 1. The van der Waals surface area contributed by atoms with Crippen molar-refractivity contribution in [3.8, 4) is 16.8 Å². The summed E-state index contributed by atoms with van der Waals surface area (Å²) in [6.07, 6.45) is 4.46. The van der Waals surface area contributed by atoms with E-state index in [1.54, 1.807) is 0 Å². The molecule has 5 heteroatoms. The lowest BCUT2D eigenvalue weighted by Gasteiger charge is -2.23. The molecule has 236 valence electrons. The van der Waals surface area contributed by atoms with Gasteiger partial charge in [0.15, 0.2) is 5.84 Å². The number of thiophene rings is 1. The van der Waals surface area contributed by atoms with Crippen LogP contribution in [-0.2, 0) is 0 Å². The molecule has 1 aliphatic rings. The monoisotopic (exact) mass is 658 g/mol. The zero-order chi connectivity index (χ0) is 33.0. The van der Waals surface area contributed by atoms with Crippen molar-refractivity contribution in [3.05, 3.63) is 181 Å². The van der Waals surface area contributed by atoms with Crippen LogP contribution in [0.2, 0.25) is 0 Å². The van der Waals surface area contributed by atoms with E-state index < -0.39 is 0 Å². The molecule has 4 heterocycles. The lowest BCUT2D eigenvalue weighted by atomic mass is 9.93. The Hall–Kier alpha value is -6.17. The molecule has 9 aromatic rings. The zero-order valence-electron chi connectivity index (χ0n) is 27.1. The second kappa shape index (κ2) is 11.8. The first-order chi connectivity index (χ1) is 24.8. The number of hydrogen-bond acceptors (Lipinski definition) is 4. The van der Waals surface area contributed by atoms with Crippen molar-refractivity contribution < 1.29 is 0 Å². The molecule has 1 aliphatic heterocycles. The molecule has 1 atom stereocenters. The summed E-state index contributed by atoms with van der Waals surface area (Å²) in [5.74, 6) is 0.764. The maximum absolute atomic E-state index is 5.37. The van der Waals surface area contributed by atoms with Gasteiger partial charge in [-0.3, -0.25) is 9.98 Å². The molecule has 0 fully saturated rings. The molecule has 3 aromatic heterocycles. The maximum Gasteiger partial charge on any atom is 0.155 e. The normalized spacial score (nSPS) is 14.8. The van der Waals surface area contributed by atoms with Crippen LogP contribution in [0.5, 0.6) is 0 Å². The molecule has 10 rings (SSSR count). The van der Waals surface area contributed by atoms with Gasteiger partial charge in [0.25, 0.3) is 0 Å². The number of aromatic nitrogens is 2. The Morgan fingerprint density at radius 1 is 0.560 bits per heavy atom. The number of hydrogen-bond donors (Lipinski definition) is 0. The van der Waals surface area contributed by atoms with Gasteiger partial charge in [-0.2, -0.15) is 0 Å². The Balaban J connectivity index is 1.20. The van der Waals surface area contributed by atoms with Gasteiger partial charge >= 0.3 is 0 Å². The quantitative estimate of drug-likeness (QED) is 0.181. The van der Waals surface area contributed by atoms with Crippen LogP contribution in [0.4, 0.5) is 0 Å². The fraction of sp³-hybridized carbons (Fsp3) is 0.0444. The first-order valence-corrected chi connectivity index (χ1v) is 17.8. The first-order valence-electron chi connectivity index (χ1n) is 16.9. The number of aliphatic imine (C=N–C) groups is 2. The molecule has 0 saturated heterocycles. The molecule has 0 saturated carbocycles. The Kier molecular flexibility index (Phi) is 6.78. The van der Waals surface area contributed by atoms with Crippen LogP contribution >= 0.6 is 11.3 Å². The van der Waals surface area contributed by atoms with E-state index in [4.69, 9.17) is 9.98 Å². The minimum Gasteiger partial charge on any atom is -0.309 e. The van der Waals surface area contributed by atoms with E-state index in [0.29, 0.717) is 6.42 Å². The molecule has 6 aromatic carbocycles. The van der Waals surface area contributed by atoms with E-state index in [1.807, 2.05) is 35.9 Å². The highest BCUT2D eigenvalue weighted by atomic mass is 32.1. The van der Waals surface area contributed by atoms with E-state index >= 15 is 0 Å². The maximum atomic E-state index is 5.37. The van der Waals surface area contributed by atoms with Gasteiger partial charge in [0.1, 0.15) is 0 Å². The SMILES string of the molecule is c1ccc(C2=NC(c3cccc4c3sc3ccccc34)CC(c3cc(-c4cccnc4)cc(-n4c5ccccc5c5ccccc54)c3)=N2)cc1. The molecule has 0 radical (unpaired) electrons. The second-order valence-corrected chi connectivity index (χ2v) is 13.9. The largest absolute Gasteiger partial charge is 0.309 e. The van der Waals surface area contributed by atoms with Crippen LogP contribution in [0.15, 0.2) is 174 Å². The molecule has 4 nitrogen and oxygen atoms in total. The number of fused-ring (bicyclic) bond motifs is 6. The van der Waals surface area contributed by atoms with E-state index in [0.717, 1.165) is 39.5 Å². The van der Waals surface area contributed by atoms with Gasteiger partial charge in [-0.05, 0) is 59.2 Å². The molecule has 0 N–H and O–H groups in total. The van der Waals surface area contributed by atoms with Crippen molar-refractivity contribution in [2.75, 3.05) is 0 Å². The van der Waals surface area contributed by atoms with Crippen molar-refractivity contribution >= 4 is 64.9 Å². The summed E-state index contributed by atoms with van der Waals surface area (Å²) in [6, 6.07) is 54.0. The third-order valence-electron chi connectivity index (χ3n) is 9.82. The third kappa shape index (κ3) is 4.78. The van der Waals surface area contributed by atoms with Crippen LogP contribution < -0.4 is 0 Å². The topological polar surface area (TPSA) is 42.5 Å². The molecule has 0 amide bonds. The van der Waals surface area contributed by atoms with Crippen molar-refractivity contribution in [2.24, 2.45) is 9.98 Å². The predicted molar refractivity (Wildman–Crippen MR) is 210 cm³/mol. The van der Waals surface area contributed by atoms with E-state index in [9.17, 15) is 0 Å². The van der Waals surface area contributed by atoms with Crippen molar-refractivity contribution in [1.82, 2.24) is 9.55 Å². The lowest BCUT2D eigenvalue weighted by molar-refractivity contribution is 0.761. The van der Waals surface area contributed by atoms with Gasteiger partial charge in [0.05, 0.1) is 22.8 Å². The summed E-state index contributed by atoms with van der Waals surface area (Å²) in [5.41, 5.74) is 9.98. The number of benzene rings is 6. The van der Waals surface area contributed by atoms with E-state index in [-0.39, 0.29) is 6.04 Å².